The van der Waals surface area contributed by atoms with Crippen molar-refractivity contribution in [1.82, 2.24) is 10.2 Å². The molecular formula is C16H21N3O5. The fraction of sp³-hybridized carbons (Fsp3) is 0.500. The number of carbonyl (C=O) groups is 2. The Morgan fingerprint density at radius 3 is 2.75 bits per heavy atom. The van der Waals surface area contributed by atoms with Gasteiger partial charge in [0.15, 0.2) is 11.5 Å². The van der Waals surface area contributed by atoms with Gasteiger partial charge in [-0.3, -0.25) is 15.0 Å². The lowest BCUT2D eigenvalue weighted by molar-refractivity contribution is -0.121. The Balaban J connectivity index is 1.44. The summed E-state index contributed by atoms with van der Waals surface area (Å²) >= 11 is 0. The van der Waals surface area contributed by atoms with Gasteiger partial charge in [-0.2, -0.15) is 0 Å². The van der Waals surface area contributed by atoms with Gasteiger partial charge in [-0.1, -0.05) is 0 Å². The maximum Gasteiger partial charge on any atom is 0.325 e. The first kappa shape index (κ1) is 16.5. The third-order valence-electron chi connectivity index (χ3n) is 4.12. The molecule has 3 rings (SSSR count). The van der Waals surface area contributed by atoms with Crippen LogP contribution >= 0.6 is 0 Å². The van der Waals surface area contributed by atoms with Crippen molar-refractivity contribution in [3.05, 3.63) is 18.2 Å². The molecule has 2 aliphatic heterocycles. The number of likely N-dealkylation sites (tertiary alicyclic amines) is 1. The summed E-state index contributed by atoms with van der Waals surface area (Å²) in [6.07, 6.45) is 2.05. The van der Waals surface area contributed by atoms with Gasteiger partial charge in [0.05, 0.1) is 12.6 Å². The molecule has 0 aliphatic carbocycles. The highest BCUT2D eigenvalue weighted by Crippen LogP contribution is 2.34. The predicted molar refractivity (Wildman–Crippen MR) is 86.2 cm³/mol. The van der Waals surface area contributed by atoms with E-state index < -0.39 is 6.03 Å². The molecule has 8 heteroatoms. The topological polar surface area (TPSA) is 89.1 Å². The number of hydrogen-bond donors (Lipinski definition) is 2. The number of anilines is 1. The summed E-state index contributed by atoms with van der Waals surface area (Å²) in [6, 6.07) is 4.49. The van der Waals surface area contributed by atoms with Crippen LogP contribution in [-0.4, -0.2) is 56.5 Å². The third kappa shape index (κ3) is 4.15. The standard InChI is InChI=1S/C16H21N3O5/c1-22-12-4-6-19(7-5-12)9-15(20)18-16(21)17-11-2-3-13-14(8-11)24-10-23-13/h2-3,8,12H,4-7,9-10H2,1H3,(H2,17,18,20,21). The van der Waals surface area contributed by atoms with Crippen LogP contribution in [0.4, 0.5) is 10.5 Å². The molecule has 3 amide bonds. The average Bonchev–Trinajstić information content (AvgIpc) is 3.03. The van der Waals surface area contributed by atoms with Crippen molar-refractivity contribution in [1.29, 1.82) is 0 Å². The van der Waals surface area contributed by atoms with Crippen LogP contribution in [0.5, 0.6) is 11.5 Å². The first-order chi connectivity index (χ1) is 11.6. The Hall–Kier alpha value is -2.32. The van der Waals surface area contributed by atoms with E-state index in [4.69, 9.17) is 14.2 Å². The van der Waals surface area contributed by atoms with Crippen LogP contribution < -0.4 is 20.1 Å². The van der Waals surface area contributed by atoms with E-state index in [0.29, 0.717) is 17.2 Å². The number of piperidine rings is 1. The maximum atomic E-state index is 12.0. The average molecular weight is 335 g/mol. The van der Waals surface area contributed by atoms with E-state index in [0.717, 1.165) is 25.9 Å². The first-order valence-corrected chi connectivity index (χ1v) is 7.89. The van der Waals surface area contributed by atoms with Gasteiger partial charge in [-0.05, 0) is 25.0 Å². The summed E-state index contributed by atoms with van der Waals surface area (Å²) in [4.78, 5) is 25.9. The van der Waals surface area contributed by atoms with Crippen LogP contribution in [0, 0.1) is 0 Å². The molecule has 0 atom stereocenters. The molecule has 0 bridgehead atoms. The van der Waals surface area contributed by atoms with Gasteiger partial charge < -0.3 is 19.5 Å². The van der Waals surface area contributed by atoms with Gasteiger partial charge in [-0.25, -0.2) is 4.79 Å². The molecule has 1 aromatic carbocycles. The van der Waals surface area contributed by atoms with Crippen LogP contribution in [-0.2, 0) is 9.53 Å². The quantitative estimate of drug-likeness (QED) is 0.859. The molecule has 8 nitrogen and oxygen atoms in total. The molecule has 1 fully saturated rings. The highest BCUT2D eigenvalue weighted by atomic mass is 16.7. The van der Waals surface area contributed by atoms with Crippen molar-refractivity contribution in [3.63, 3.8) is 0 Å². The lowest BCUT2D eigenvalue weighted by atomic mass is 10.1. The number of nitrogens with zero attached hydrogens (tertiary/aromatic N) is 1. The van der Waals surface area contributed by atoms with E-state index >= 15 is 0 Å². The Labute approximate surface area is 140 Å². The van der Waals surface area contributed by atoms with Crippen LogP contribution in [0.25, 0.3) is 0 Å². The highest BCUT2D eigenvalue weighted by Gasteiger charge is 2.21. The largest absolute Gasteiger partial charge is 0.454 e. The smallest absolute Gasteiger partial charge is 0.325 e. The molecule has 1 aromatic rings. The Kier molecular flexibility index (Phi) is 5.17. The molecule has 2 heterocycles. The number of rotatable bonds is 4. The third-order valence-corrected chi connectivity index (χ3v) is 4.12. The SMILES string of the molecule is COC1CCN(CC(=O)NC(=O)Nc2ccc3c(c2)OCO3)CC1. The van der Waals surface area contributed by atoms with Gasteiger partial charge in [-0.15, -0.1) is 0 Å². The van der Waals surface area contributed by atoms with Crippen LogP contribution in [0.3, 0.4) is 0 Å². The summed E-state index contributed by atoms with van der Waals surface area (Å²) < 4.78 is 15.7. The number of amides is 3. The predicted octanol–water partition coefficient (Wildman–Crippen LogP) is 1.17. The minimum Gasteiger partial charge on any atom is -0.454 e. The zero-order chi connectivity index (χ0) is 16.9. The van der Waals surface area contributed by atoms with E-state index in [1.165, 1.54) is 0 Å². The number of nitrogens with one attached hydrogen (secondary N) is 2. The van der Waals surface area contributed by atoms with E-state index in [9.17, 15) is 9.59 Å². The second kappa shape index (κ2) is 7.50. The molecule has 130 valence electrons. The van der Waals surface area contributed by atoms with Crippen molar-refractivity contribution in [2.24, 2.45) is 0 Å². The first-order valence-electron chi connectivity index (χ1n) is 7.89. The maximum absolute atomic E-state index is 12.0. The fourth-order valence-corrected chi connectivity index (χ4v) is 2.81. The van der Waals surface area contributed by atoms with Crippen molar-refractivity contribution in [2.75, 3.05) is 38.9 Å². The van der Waals surface area contributed by atoms with Crippen LogP contribution in [0.2, 0.25) is 0 Å². The Bertz CT molecular complexity index is 614. The van der Waals surface area contributed by atoms with Crippen molar-refractivity contribution >= 4 is 17.6 Å². The van der Waals surface area contributed by atoms with Crippen molar-refractivity contribution in [2.45, 2.75) is 18.9 Å². The number of urea groups is 1. The number of fused-ring (bicyclic) bond motifs is 1. The van der Waals surface area contributed by atoms with Gasteiger partial charge in [0, 0.05) is 32.0 Å². The molecule has 2 aliphatic rings. The van der Waals surface area contributed by atoms with Crippen molar-refractivity contribution < 1.29 is 23.8 Å². The zero-order valence-corrected chi connectivity index (χ0v) is 13.5. The minimum atomic E-state index is -0.564. The van der Waals surface area contributed by atoms with Crippen LogP contribution in [0.1, 0.15) is 12.8 Å². The molecule has 24 heavy (non-hydrogen) atoms. The zero-order valence-electron chi connectivity index (χ0n) is 13.5. The summed E-state index contributed by atoms with van der Waals surface area (Å²) in [7, 11) is 1.70. The molecule has 1 saturated heterocycles. The Morgan fingerprint density at radius 2 is 2.00 bits per heavy atom. The highest BCUT2D eigenvalue weighted by molar-refractivity contribution is 6.01. The summed E-state index contributed by atoms with van der Waals surface area (Å²) in [6.45, 7) is 1.94. The molecular weight excluding hydrogens is 314 g/mol. The molecule has 2 N–H and O–H groups in total. The summed E-state index contributed by atoms with van der Waals surface area (Å²) in [5, 5.41) is 4.95. The van der Waals surface area contributed by atoms with E-state index in [2.05, 4.69) is 10.6 Å². The van der Waals surface area contributed by atoms with Crippen molar-refractivity contribution in [3.8, 4) is 11.5 Å². The number of hydrogen-bond acceptors (Lipinski definition) is 6. The lowest BCUT2D eigenvalue weighted by Gasteiger charge is -2.30. The number of carbonyl (C=O) groups excluding carboxylic acids is 2. The lowest BCUT2D eigenvalue weighted by Crippen LogP contribution is -2.45. The monoisotopic (exact) mass is 335 g/mol. The number of benzene rings is 1. The summed E-state index contributed by atoms with van der Waals surface area (Å²) in [5.41, 5.74) is 0.533. The molecule has 0 radical (unpaired) electrons. The second-order valence-corrected chi connectivity index (χ2v) is 5.78. The van der Waals surface area contributed by atoms with Gasteiger partial charge in [0.1, 0.15) is 0 Å². The Morgan fingerprint density at radius 1 is 1.25 bits per heavy atom. The summed E-state index contributed by atoms with van der Waals surface area (Å²) in [5.74, 6) is 0.876. The fourth-order valence-electron chi connectivity index (χ4n) is 2.81. The number of imide groups is 1. The normalized spacial score (nSPS) is 17.5. The molecule has 0 spiro atoms. The molecule has 0 unspecified atom stereocenters. The van der Waals surface area contributed by atoms with Gasteiger partial charge in [0.25, 0.3) is 0 Å². The number of methoxy groups -OCH3 is 1. The second-order valence-electron chi connectivity index (χ2n) is 5.78. The van der Waals surface area contributed by atoms with E-state index in [1.807, 2.05) is 4.90 Å². The minimum absolute atomic E-state index is 0.170. The van der Waals surface area contributed by atoms with Gasteiger partial charge in [0.2, 0.25) is 12.7 Å². The van der Waals surface area contributed by atoms with Crippen LogP contribution in [0.15, 0.2) is 18.2 Å². The van der Waals surface area contributed by atoms with E-state index in [1.54, 1.807) is 25.3 Å². The van der Waals surface area contributed by atoms with E-state index in [-0.39, 0.29) is 25.3 Å². The molecule has 0 saturated carbocycles. The molecule has 0 aromatic heterocycles. The number of ether oxygens (including phenoxy) is 3. The van der Waals surface area contributed by atoms with Gasteiger partial charge >= 0.3 is 6.03 Å².